The van der Waals surface area contributed by atoms with Crippen molar-refractivity contribution in [1.82, 2.24) is 10.2 Å². The van der Waals surface area contributed by atoms with Crippen LogP contribution in [0.2, 0.25) is 0 Å². The molecule has 4 atom stereocenters. The molecule has 0 bridgehead atoms. The molecular weight excluding hydrogens is 452 g/mol. The van der Waals surface area contributed by atoms with E-state index in [1.807, 2.05) is 0 Å². The van der Waals surface area contributed by atoms with Gasteiger partial charge in [0.05, 0.1) is 25.7 Å². The summed E-state index contributed by atoms with van der Waals surface area (Å²) in [6.07, 6.45) is 4.83. The van der Waals surface area contributed by atoms with E-state index < -0.39 is 30.1 Å². The van der Waals surface area contributed by atoms with Gasteiger partial charge in [0.1, 0.15) is 18.5 Å². The van der Waals surface area contributed by atoms with E-state index in [1.165, 1.54) is 7.11 Å². The minimum absolute atomic E-state index is 0.0518. The number of benzene rings is 1. The van der Waals surface area contributed by atoms with Gasteiger partial charge < -0.3 is 29.9 Å². The van der Waals surface area contributed by atoms with Gasteiger partial charge in [-0.25, -0.2) is 0 Å². The van der Waals surface area contributed by atoms with Crippen LogP contribution in [0.1, 0.15) is 47.5 Å². The van der Waals surface area contributed by atoms with E-state index in [1.54, 1.807) is 29.2 Å². The average molecular weight is 485 g/mol. The van der Waals surface area contributed by atoms with Gasteiger partial charge in [-0.15, -0.1) is 6.58 Å². The molecule has 3 aliphatic rings. The number of carbonyl (C=O) groups excluding carboxylic acids is 3. The molecule has 0 aromatic heterocycles. The number of carbonyl (C=O) groups is 3. The lowest BCUT2D eigenvalue weighted by molar-refractivity contribution is -0.137. The number of aldehydes is 1. The second-order valence-corrected chi connectivity index (χ2v) is 9.22. The maximum absolute atomic E-state index is 13.2. The van der Waals surface area contributed by atoms with Gasteiger partial charge in [-0.1, -0.05) is 6.08 Å². The molecule has 9 nitrogen and oxygen atoms in total. The van der Waals surface area contributed by atoms with Gasteiger partial charge in [0.15, 0.2) is 11.5 Å². The van der Waals surface area contributed by atoms with Gasteiger partial charge >= 0.3 is 0 Å². The normalized spacial score (nSPS) is 24.4. The number of amides is 2. The Morgan fingerprint density at radius 3 is 2.74 bits per heavy atom. The first-order chi connectivity index (χ1) is 16.9. The summed E-state index contributed by atoms with van der Waals surface area (Å²) in [7, 11) is 1.45. The zero-order valence-corrected chi connectivity index (χ0v) is 19.8. The third-order valence-corrected chi connectivity index (χ3v) is 6.81. The molecule has 1 heterocycles. The molecule has 0 radical (unpaired) electrons. The molecule has 0 spiro atoms. The lowest BCUT2D eigenvalue weighted by atomic mass is 9.77. The number of ether oxygens (including phenoxy) is 2. The first-order valence-corrected chi connectivity index (χ1v) is 12.0. The topological polar surface area (TPSA) is 125 Å². The maximum Gasteiger partial charge on any atom is 0.247 e. The minimum atomic E-state index is -1.11. The van der Waals surface area contributed by atoms with Crippen LogP contribution in [0.3, 0.4) is 0 Å². The minimum Gasteiger partial charge on any atom is -0.493 e. The van der Waals surface area contributed by atoms with Gasteiger partial charge in [-0.3, -0.25) is 14.4 Å². The fourth-order valence-corrected chi connectivity index (χ4v) is 4.90. The maximum atomic E-state index is 13.2. The van der Waals surface area contributed by atoms with Crippen molar-refractivity contribution in [3.05, 3.63) is 47.6 Å². The summed E-state index contributed by atoms with van der Waals surface area (Å²) >= 11 is 0. The Labute approximate surface area is 204 Å². The predicted molar refractivity (Wildman–Crippen MR) is 127 cm³/mol. The van der Waals surface area contributed by atoms with Crippen LogP contribution in [0.15, 0.2) is 36.4 Å². The third kappa shape index (κ3) is 4.97. The molecule has 1 fully saturated rings. The van der Waals surface area contributed by atoms with E-state index >= 15 is 0 Å². The Bertz CT molecular complexity index is 1030. The second-order valence-electron chi connectivity index (χ2n) is 9.22. The number of aliphatic hydroxyl groups is 2. The molecule has 35 heavy (non-hydrogen) atoms. The van der Waals surface area contributed by atoms with Gasteiger partial charge in [0.2, 0.25) is 11.8 Å². The SMILES string of the molecule is C=CCCC(=O)N(CC1CC1)C1C=C(C(=O)NCCO)C2c3cc(C=O)cc(OC)c3OC2C1O. The first kappa shape index (κ1) is 24.9. The van der Waals surface area contributed by atoms with Crippen LogP contribution in [0.4, 0.5) is 0 Å². The van der Waals surface area contributed by atoms with E-state index in [4.69, 9.17) is 9.47 Å². The zero-order valence-electron chi connectivity index (χ0n) is 19.8. The molecule has 2 amide bonds. The molecule has 9 heteroatoms. The number of aliphatic hydroxyl groups excluding tert-OH is 2. The summed E-state index contributed by atoms with van der Waals surface area (Å²) < 4.78 is 11.6. The monoisotopic (exact) mass is 484 g/mol. The Hall–Kier alpha value is -3.17. The van der Waals surface area contributed by atoms with Crippen molar-refractivity contribution in [2.75, 3.05) is 26.8 Å². The van der Waals surface area contributed by atoms with Crippen molar-refractivity contribution in [2.45, 2.75) is 49.9 Å². The molecule has 1 aliphatic heterocycles. The highest BCUT2D eigenvalue weighted by Gasteiger charge is 2.51. The summed E-state index contributed by atoms with van der Waals surface area (Å²) in [6.45, 7) is 4.00. The van der Waals surface area contributed by atoms with Crippen molar-refractivity contribution < 1.29 is 34.1 Å². The first-order valence-electron chi connectivity index (χ1n) is 12.0. The van der Waals surface area contributed by atoms with Gasteiger partial charge in [-0.2, -0.15) is 0 Å². The van der Waals surface area contributed by atoms with Crippen LogP contribution >= 0.6 is 0 Å². The molecular formula is C26H32N2O7. The van der Waals surface area contributed by atoms with Crippen LogP contribution < -0.4 is 14.8 Å². The number of fused-ring (bicyclic) bond motifs is 3. The Balaban J connectivity index is 1.78. The highest BCUT2D eigenvalue weighted by atomic mass is 16.5. The summed E-state index contributed by atoms with van der Waals surface area (Å²) in [4.78, 5) is 39.6. The molecule has 1 aromatic carbocycles. The summed E-state index contributed by atoms with van der Waals surface area (Å²) in [6, 6.07) is 2.41. The highest BCUT2D eigenvalue weighted by Crippen LogP contribution is 2.51. The third-order valence-electron chi connectivity index (χ3n) is 6.81. The smallest absolute Gasteiger partial charge is 0.247 e. The molecule has 1 saturated carbocycles. The van der Waals surface area contributed by atoms with E-state index in [-0.39, 0.29) is 25.5 Å². The fourth-order valence-electron chi connectivity index (χ4n) is 4.90. The van der Waals surface area contributed by atoms with Crippen LogP contribution in [-0.4, -0.2) is 78.3 Å². The molecule has 1 aromatic rings. The molecule has 2 aliphatic carbocycles. The Morgan fingerprint density at radius 2 is 2.11 bits per heavy atom. The highest BCUT2D eigenvalue weighted by molar-refractivity contribution is 5.96. The Morgan fingerprint density at radius 1 is 1.34 bits per heavy atom. The average Bonchev–Trinajstić information content (AvgIpc) is 3.61. The van der Waals surface area contributed by atoms with Crippen LogP contribution in [0, 0.1) is 5.92 Å². The number of hydrogen-bond acceptors (Lipinski definition) is 7. The number of nitrogens with one attached hydrogen (secondary N) is 1. The quantitative estimate of drug-likeness (QED) is 0.320. The van der Waals surface area contributed by atoms with Crippen molar-refractivity contribution in [3.63, 3.8) is 0 Å². The number of methoxy groups -OCH3 is 1. The molecule has 188 valence electrons. The van der Waals surface area contributed by atoms with Crippen molar-refractivity contribution in [3.8, 4) is 11.5 Å². The molecule has 4 unspecified atom stereocenters. The van der Waals surface area contributed by atoms with Gasteiger partial charge in [0.25, 0.3) is 0 Å². The number of rotatable bonds is 11. The van der Waals surface area contributed by atoms with E-state index in [9.17, 15) is 24.6 Å². The van der Waals surface area contributed by atoms with Crippen LogP contribution in [-0.2, 0) is 9.59 Å². The van der Waals surface area contributed by atoms with E-state index in [2.05, 4.69) is 11.9 Å². The zero-order chi connectivity index (χ0) is 25.1. The number of hydrogen-bond donors (Lipinski definition) is 3. The summed E-state index contributed by atoms with van der Waals surface area (Å²) in [5.74, 6) is -0.167. The fraction of sp³-hybridized carbons (Fsp3) is 0.500. The van der Waals surface area contributed by atoms with E-state index in [0.29, 0.717) is 53.4 Å². The van der Waals surface area contributed by atoms with Crippen LogP contribution in [0.5, 0.6) is 11.5 Å². The van der Waals surface area contributed by atoms with Crippen molar-refractivity contribution >= 4 is 18.1 Å². The van der Waals surface area contributed by atoms with Gasteiger partial charge in [-0.05, 0) is 43.4 Å². The second kappa shape index (κ2) is 10.6. The predicted octanol–water partition coefficient (Wildman–Crippen LogP) is 1.34. The number of nitrogens with zero attached hydrogens (tertiary/aromatic N) is 1. The summed E-state index contributed by atoms with van der Waals surface area (Å²) in [5, 5.41) is 23.4. The Kier molecular flexibility index (Phi) is 7.57. The van der Waals surface area contributed by atoms with Crippen molar-refractivity contribution in [2.24, 2.45) is 5.92 Å². The number of allylic oxidation sites excluding steroid dienone is 1. The van der Waals surface area contributed by atoms with Crippen molar-refractivity contribution in [1.29, 1.82) is 0 Å². The molecule has 0 saturated heterocycles. The lowest BCUT2D eigenvalue weighted by Gasteiger charge is -2.41. The summed E-state index contributed by atoms with van der Waals surface area (Å²) in [5.41, 5.74) is 1.23. The molecule has 4 rings (SSSR count). The van der Waals surface area contributed by atoms with E-state index in [0.717, 1.165) is 12.8 Å². The standard InChI is InChI=1S/C26H32N2O7/c1-3-4-5-21(31)28(13-15-6-7-15)19-12-18(26(33)27-8-9-29)22-17-10-16(14-30)11-20(34-2)24(17)35-25(22)23(19)32/h3,10-12,14-15,19,22-23,25,29,32H,1,4-9,13H2,2H3,(H,27,33). The van der Waals surface area contributed by atoms with Crippen LogP contribution in [0.25, 0.3) is 0 Å². The van der Waals surface area contributed by atoms with Gasteiger partial charge in [0, 0.05) is 36.2 Å². The lowest BCUT2D eigenvalue weighted by Crippen LogP contribution is -2.56. The molecule has 3 N–H and O–H groups in total. The largest absolute Gasteiger partial charge is 0.493 e.